The first kappa shape index (κ1) is 22.6. The van der Waals surface area contributed by atoms with E-state index in [0.29, 0.717) is 6.42 Å². The Balaban J connectivity index is 3.31. The minimum Gasteiger partial charge on any atom is -0.463 e. The van der Waals surface area contributed by atoms with Crippen LogP contribution in [0.15, 0.2) is 36.5 Å². The molecule has 1 unspecified atom stereocenters. The molecular weight excluding hydrogens is 300 g/mol. The Kier molecular flexibility index (Phi) is 17.0. The van der Waals surface area contributed by atoms with Gasteiger partial charge in [-0.3, -0.25) is 4.79 Å². The Morgan fingerprint density at radius 3 is 2.12 bits per heavy atom. The van der Waals surface area contributed by atoms with Crippen molar-refractivity contribution in [2.75, 3.05) is 6.61 Å². The number of hydrogen-bond acceptors (Lipinski definition) is 2. The summed E-state index contributed by atoms with van der Waals surface area (Å²) in [6, 6.07) is 0. The van der Waals surface area contributed by atoms with Gasteiger partial charge in [-0.05, 0) is 45.4 Å². The number of esters is 1. The van der Waals surface area contributed by atoms with E-state index in [1.54, 1.807) is 0 Å². The van der Waals surface area contributed by atoms with Gasteiger partial charge >= 0.3 is 5.97 Å². The molecule has 0 saturated heterocycles. The van der Waals surface area contributed by atoms with Crippen molar-refractivity contribution in [3.8, 4) is 0 Å². The minimum atomic E-state index is -0.824. The van der Waals surface area contributed by atoms with Crippen LogP contribution in [-0.4, -0.2) is 18.7 Å². The Morgan fingerprint density at radius 2 is 1.46 bits per heavy atom. The second-order valence-corrected chi connectivity index (χ2v) is 6.09. The highest BCUT2D eigenvalue weighted by molar-refractivity contribution is 5.69. The van der Waals surface area contributed by atoms with Gasteiger partial charge in [-0.25, -0.2) is 5.11 Å². The molecule has 24 heavy (non-hydrogen) atoms. The lowest BCUT2D eigenvalue weighted by Gasteiger charge is -2.05. The number of hydrogen-bond donors (Lipinski definition) is 0. The first-order valence-corrected chi connectivity index (χ1v) is 9.43. The predicted molar refractivity (Wildman–Crippen MR) is 100 cm³/mol. The van der Waals surface area contributed by atoms with E-state index in [1.807, 2.05) is 0 Å². The van der Waals surface area contributed by atoms with E-state index in [0.717, 1.165) is 44.9 Å². The molecular formula is C21H35O3. The van der Waals surface area contributed by atoms with Gasteiger partial charge in [-0.2, -0.15) is 0 Å². The number of carbonyl (C=O) groups excluding carboxylic acids is 1. The van der Waals surface area contributed by atoms with Crippen molar-refractivity contribution < 1.29 is 14.6 Å². The van der Waals surface area contributed by atoms with Crippen LogP contribution >= 0.6 is 0 Å². The van der Waals surface area contributed by atoms with Gasteiger partial charge in [0.05, 0.1) is 0 Å². The monoisotopic (exact) mass is 335 g/mol. The Bertz CT molecular complexity index is 367. The number of allylic oxidation sites excluding steroid dienone is 6. The molecule has 3 nitrogen and oxygen atoms in total. The van der Waals surface area contributed by atoms with Crippen molar-refractivity contribution >= 4 is 5.97 Å². The molecule has 0 aliphatic heterocycles. The normalized spacial score (nSPS) is 13.3. The lowest BCUT2D eigenvalue weighted by molar-refractivity contribution is -0.147. The van der Waals surface area contributed by atoms with Crippen LogP contribution in [-0.2, 0) is 14.6 Å². The van der Waals surface area contributed by atoms with E-state index in [4.69, 9.17) is 4.74 Å². The first-order chi connectivity index (χ1) is 11.7. The molecule has 0 saturated carbocycles. The minimum absolute atomic E-state index is 0.00417. The molecule has 1 atom stereocenters. The van der Waals surface area contributed by atoms with Crippen LogP contribution < -0.4 is 0 Å². The summed E-state index contributed by atoms with van der Waals surface area (Å²) < 4.78 is 4.85. The molecule has 0 amide bonds. The van der Waals surface area contributed by atoms with Crippen molar-refractivity contribution in [2.24, 2.45) is 0 Å². The second kappa shape index (κ2) is 18.0. The average molecular weight is 336 g/mol. The number of unbranched alkanes of at least 4 members (excludes halogenated alkanes) is 5. The molecule has 0 aromatic carbocycles. The third-order valence-electron chi connectivity index (χ3n) is 3.51. The molecule has 137 valence electrons. The summed E-state index contributed by atoms with van der Waals surface area (Å²) in [6.07, 6.45) is 22.7. The summed E-state index contributed by atoms with van der Waals surface area (Å²) in [6.45, 7) is 3.65. The maximum Gasteiger partial charge on any atom is 0.305 e. The first-order valence-electron chi connectivity index (χ1n) is 9.43. The van der Waals surface area contributed by atoms with E-state index < -0.39 is 6.10 Å². The maximum absolute atomic E-state index is 11.3. The summed E-state index contributed by atoms with van der Waals surface area (Å²) in [7, 11) is 0. The van der Waals surface area contributed by atoms with Crippen LogP contribution in [0.5, 0.6) is 0 Å². The molecule has 1 radical (unpaired) electrons. The smallest absolute Gasteiger partial charge is 0.305 e. The molecule has 0 spiro atoms. The zero-order chi connectivity index (χ0) is 17.9. The topological polar surface area (TPSA) is 46.2 Å². The summed E-state index contributed by atoms with van der Waals surface area (Å²) in [5, 5.41) is 10.8. The van der Waals surface area contributed by atoms with Crippen molar-refractivity contribution in [3.63, 3.8) is 0 Å². The van der Waals surface area contributed by atoms with Gasteiger partial charge in [0.25, 0.3) is 0 Å². The fourth-order valence-corrected chi connectivity index (χ4v) is 2.17. The van der Waals surface area contributed by atoms with Crippen molar-refractivity contribution in [2.45, 2.75) is 84.2 Å². The number of carbonyl (C=O) groups is 1. The van der Waals surface area contributed by atoms with Crippen LogP contribution in [0.4, 0.5) is 0 Å². The molecule has 0 fully saturated rings. The van der Waals surface area contributed by atoms with Crippen LogP contribution in [0.2, 0.25) is 0 Å². The largest absolute Gasteiger partial charge is 0.463 e. The quantitative estimate of drug-likeness (QED) is 0.211. The Morgan fingerprint density at radius 1 is 0.875 bits per heavy atom. The van der Waals surface area contributed by atoms with Crippen molar-refractivity contribution in [3.05, 3.63) is 36.5 Å². The summed E-state index contributed by atoms with van der Waals surface area (Å²) in [5.74, 6) is -0.237. The zero-order valence-electron chi connectivity index (χ0n) is 15.5. The van der Waals surface area contributed by atoms with Gasteiger partial charge in [-0.15, -0.1) is 0 Å². The Labute approximate surface area is 148 Å². The summed E-state index contributed by atoms with van der Waals surface area (Å²) in [4.78, 5) is 11.3. The molecule has 3 heteroatoms. The average Bonchev–Trinajstić information content (AvgIpc) is 2.56. The van der Waals surface area contributed by atoms with E-state index in [9.17, 15) is 9.90 Å². The number of ether oxygens (including phenoxy) is 1. The van der Waals surface area contributed by atoms with E-state index >= 15 is 0 Å². The molecule has 0 aliphatic rings. The van der Waals surface area contributed by atoms with Gasteiger partial charge in [0, 0.05) is 6.42 Å². The lowest BCUT2D eigenvalue weighted by atomic mass is 10.1. The van der Waals surface area contributed by atoms with Gasteiger partial charge in [0.1, 0.15) is 12.7 Å². The fraction of sp³-hybridized carbons (Fsp3) is 0.667. The molecule has 0 rings (SSSR count). The van der Waals surface area contributed by atoms with Crippen LogP contribution in [0.3, 0.4) is 0 Å². The summed E-state index contributed by atoms with van der Waals surface area (Å²) >= 11 is 0. The third-order valence-corrected chi connectivity index (χ3v) is 3.51. The molecule has 0 aromatic rings. The molecule has 0 N–H and O–H groups in total. The van der Waals surface area contributed by atoms with Gasteiger partial charge in [0.2, 0.25) is 0 Å². The lowest BCUT2D eigenvalue weighted by Crippen LogP contribution is -2.13. The molecule has 0 aromatic heterocycles. The fourth-order valence-electron chi connectivity index (χ4n) is 2.17. The SMILES string of the molecule is CC/C=C\C/C=C\C/C=C\CCCCCCCC(=O)OCC(C)[O]. The van der Waals surface area contributed by atoms with Gasteiger partial charge in [-0.1, -0.05) is 62.6 Å². The predicted octanol–water partition coefficient (Wildman–Crippen LogP) is 5.94. The van der Waals surface area contributed by atoms with Crippen molar-refractivity contribution in [1.82, 2.24) is 0 Å². The van der Waals surface area contributed by atoms with E-state index in [1.165, 1.54) is 19.8 Å². The van der Waals surface area contributed by atoms with Crippen LogP contribution in [0, 0.1) is 0 Å². The highest BCUT2D eigenvalue weighted by Crippen LogP contribution is 2.08. The van der Waals surface area contributed by atoms with Gasteiger partial charge < -0.3 is 4.74 Å². The summed E-state index contributed by atoms with van der Waals surface area (Å²) in [5.41, 5.74) is 0. The highest BCUT2D eigenvalue weighted by atomic mass is 16.5. The standard InChI is InChI=1S/C21H35O3/c1-3-4-5-6-7-8-9-10-11-12-13-14-15-16-17-18-21(23)24-19-20(2)22/h4-5,7-8,10-11,20H,3,6,9,12-19H2,1-2H3/b5-4-,8-7-,11-10-. The Hall–Kier alpha value is -1.35. The maximum atomic E-state index is 11.3. The van der Waals surface area contributed by atoms with Crippen LogP contribution in [0.1, 0.15) is 78.1 Å². The highest BCUT2D eigenvalue weighted by Gasteiger charge is 2.05. The van der Waals surface area contributed by atoms with Crippen LogP contribution in [0.25, 0.3) is 0 Å². The van der Waals surface area contributed by atoms with Crippen molar-refractivity contribution in [1.29, 1.82) is 0 Å². The van der Waals surface area contributed by atoms with Gasteiger partial charge in [0.15, 0.2) is 0 Å². The number of rotatable bonds is 15. The molecule has 0 heterocycles. The second-order valence-electron chi connectivity index (χ2n) is 6.09. The van der Waals surface area contributed by atoms with E-state index in [2.05, 4.69) is 43.4 Å². The van der Waals surface area contributed by atoms with E-state index in [-0.39, 0.29) is 12.6 Å². The molecule has 0 bridgehead atoms. The third kappa shape index (κ3) is 18.7. The molecule has 0 aliphatic carbocycles. The zero-order valence-corrected chi connectivity index (χ0v) is 15.5.